The summed E-state index contributed by atoms with van der Waals surface area (Å²) in [5.74, 6) is -9.83. The molecule has 0 radical (unpaired) electrons. The summed E-state index contributed by atoms with van der Waals surface area (Å²) in [6.45, 7) is 1.74. The number of fused-ring (bicyclic) bond motifs is 2. The number of halogens is 1. The molecule has 0 saturated heterocycles. The second-order valence-corrected chi connectivity index (χ2v) is 10.7. The average Bonchev–Trinajstić information content (AvgIpc) is 3.26. The number of hydrogen-bond donors (Lipinski definition) is 5. The lowest BCUT2D eigenvalue weighted by atomic mass is 9.52. The molecule has 178 valence electrons. The number of aromatic nitrogens is 1. The minimum atomic E-state index is -3.05. The molecule has 4 rings (SSSR count). The van der Waals surface area contributed by atoms with Gasteiger partial charge >= 0.3 is 23.9 Å². The van der Waals surface area contributed by atoms with Crippen molar-refractivity contribution in [2.75, 3.05) is 0 Å². The van der Waals surface area contributed by atoms with Crippen LogP contribution >= 0.6 is 15.9 Å². The Morgan fingerprint density at radius 3 is 2.38 bits per heavy atom. The van der Waals surface area contributed by atoms with Gasteiger partial charge in [-0.25, -0.2) is 9.59 Å². The Morgan fingerprint density at radius 2 is 1.79 bits per heavy atom. The number of rotatable bonds is 7. The zero-order valence-electron chi connectivity index (χ0n) is 17.9. The zero-order valence-corrected chi connectivity index (χ0v) is 19.4. The van der Waals surface area contributed by atoms with Crippen LogP contribution in [0, 0.1) is 11.3 Å². The van der Waals surface area contributed by atoms with Crippen molar-refractivity contribution >= 4 is 56.4 Å². The molecule has 1 aliphatic carbocycles. The van der Waals surface area contributed by atoms with Crippen LogP contribution in [0.3, 0.4) is 0 Å². The van der Waals surface area contributed by atoms with E-state index in [4.69, 9.17) is 0 Å². The number of benzene rings is 1. The van der Waals surface area contributed by atoms with E-state index in [1.165, 1.54) is 12.3 Å². The number of carbonyl (C=O) groups is 4. The van der Waals surface area contributed by atoms with Crippen molar-refractivity contribution in [1.29, 1.82) is 0 Å². The quantitative estimate of drug-likeness (QED) is 0.266. The van der Waals surface area contributed by atoms with E-state index in [1.807, 2.05) is 0 Å². The first-order chi connectivity index (χ1) is 15.9. The van der Waals surface area contributed by atoms with E-state index < -0.39 is 57.4 Å². The summed E-state index contributed by atoms with van der Waals surface area (Å²) >= 11 is 3.50. The van der Waals surface area contributed by atoms with Crippen molar-refractivity contribution in [3.8, 4) is 0 Å². The fourth-order valence-electron chi connectivity index (χ4n) is 5.62. The van der Waals surface area contributed by atoms with Gasteiger partial charge in [-0.05, 0) is 31.1 Å². The molecule has 0 bridgehead atoms. The second kappa shape index (κ2) is 7.79. The Kier molecular flexibility index (Phi) is 5.43. The third-order valence-electron chi connectivity index (χ3n) is 6.91. The number of aromatic amines is 1. The average molecular weight is 533 g/mol. The van der Waals surface area contributed by atoms with Gasteiger partial charge in [0.15, 0.2) is 0 Å². The molecular weight excluding hydrogens is 512 g/mol. The smallest absolute Gasteiger partial charge is 0.344 e. The van der Waals surface area contributed by atoms with E-state index in [1.54, 1.807) is 37.3 Å². The number of aliphatic imine (C=N–C) groups is 1. The SMILES string of the molecule is CC1(Br)C=CC2=NC(C(=O)O)(C(=O)O)C(CC(=O)O)(C(C(=O)O)c3c[nH]c4ccccc34)C2C1. The molecule has 11 heteroatoms. The largest absolute Gasteiger partial charge is 0.481 e. The lowest BCUT2D eigenvalue weighted by Gasteiger charge is -2.47. The summed E-state index contributed by atoms with van der Waals surface area (Å²) in [5, 5.41) is 41.4. The maximum atomic E-state index is 12.9. The number of H-pyrrole nitrogens is 1. The normalized spacial score (nSPS) is 28.2. The number of nitrogens with one attached hydrogen (secondary N) is 1. The molecule has 1 aromatic heterocycles. The Labute approximate surface area is 201 Å². The Morgan fingerprint density at radius 1 is 1.15 bits per heavy atom. The third-order valence-corrected chi connectivity index (χ3v) is 7.50. The molecule has 0 saturated carbocycles. The first kappa shape index (κ1) is 23.7. The Hall–Kier alpha value is -3.47. The van der Waals surface area contributed by atoms with Gasteiger partial charge in [0, 0.05) is 33.1 Å². The number of allylic oxidation sites excluding steroid dienone is 2. The van der Waals surface area contributed by atoms with Gasteiger partial charge in [-0.1, -0.05) is 40.2 Å². The fourth-order valence-corrected chi connectivity index (χ4v) is 6.08. The number of carboxylic acid groups (broad SMARTS) is 4. The number of carboxylic acids is 4. The summed E-state index contributed by atoms with van der Waals surface area (Å²) in [5.41, 5.74) is -4.74. The summed E-state index contributed by atoms with van der Waals surface area (Å²) in [7, 11) is 0. The highest BCUT2D eigenvalue weighted by Crippen LogP contribution is 2.62. The predicted octanol–water partition coefficient (Wildman–Crippen LogP) is 2.89. The molecule has 34 heavy (non-hydrogen) atoms. The predicted molar refractivity (Wildman–Crippen MR) is 123 cm³/mol. The van der Waals surface area contributed by atoms with Crippen LogP contribution in [0.2, 0.25) is 0 Å². The van der Waals surface area contributed by atoms with Gasteiger partial charge in [0.1, 0.15) is 0 Å². The molecule has 5 N–H and O–H groups in total. The van der Waals surface area contributed by atoms with Gasteiger partial charge in [-0.15, -0.1) is 0 Å². The number of hydrogen-bond acceptors (Lipinski definition) is 5. The van der Waals surface area contributed by atoms with Crippen molar-refractivity contribution in [2.24, 2.45) is 16.3 Å². The van der Waals surface area contributed by atoms with E-state index in [0.29, 0.717) is 10.9 Å². The van der Waals surface area contributed by atoms with Crippen LogP contribution in [0.1, 0.15) is 31.2 Å². The van der Waals surface area contributed by atoms with Crippen LogP contribution in [0.15, 0.2) is 47.6 Å². The minimum absolute atomic E-state index is 0.0457. The lowest BCUT2D eigenvalue weighted by Crippen LogP contribution is -2.63. The van der Waals surface area contributed by atoms with Gasteiger partial charge < -0.3 is 25.4 Å². The highest BCUT2D eigenvalue weighted by atomic mass is 79.9. The van der Waals surface area contributed by atoms with Gasteiger partial charge in [0.05, 0.1) is 17.8 Å². The zero-order chi connectivity index (χ0) is 25.1. The molecule has 4 unspecified atom stereocenters. The number of alkyl halides is 1. The molecule has 0 amide bonds. The maximum Gasteiger partial charge on any atom is 0.344 e. The number of nitrogens with zero attached hydrogens (tertiary/aromatic N) is 1. The highest BCUT2D eigenvalue weighted by Gasteiger charge is 2.75. The van der Waals surface area contributed by atoms with Crippen LogP contribution in [0.25, 0.3) is 10.9 Å². The van der Waals surface area contributed by atoms with E-state index in [0.717, 1.165) is 0 Å². The molecule has 10 nitrogen and oxygen atoms in total. The van der Waals surface area contributed by atoms with E-state index in [2.05, 4.69) is 25.9 Å². The molecule has 2 aromatic rings. The fraction of sp³-hybridized carbons (Fsp3) is 0.348. The van der Waals surface area contributed by atoms with E-state index in [9.17, 15) is 39.6 Å². The first-order valence-corrected chi connectivity index (χ1v) is 11.1. The first-order valence-electron chi connectivity index (χ1n) is 10.3. The van der Waals surface area contributed by atoms with Crippen molar-refractivity contribution < 1.29 is 39.6 Å². The van der Waals surface area contributed by atoms with E-state index in [-0.39, 0.29) is 17.7 Å². The third kappa shape index (κ3) is 3.17. The molecule has 1 aromatic carbocycles. The van der Waals surface area contributed by atoms with Gasteiger partial charge in [0.25, 0.3) is 5.54 Å². The molecule has 4 atom stereocenters. The monoisotopic (exact) mass is 532 g/mol. The van der Waals surface area contributed by atoms with Crippen molar-refractivity contribution in [3.63, 3.8) is 0 Å². The highest BCUT2D eigenvalue weighted by molar-refractivity contribution is 9.10. The summed E-state index contributed by atoms with van der Waals surface area (Å²) in [6.07, 6.45) is 3.47. The summed E-state index contributed by atoms with van der Waals surface area (Å²) < 4.78 is -0.767. The Balaban J connectivity index is 2.14. The topological polar surface area (TPSA) is 177 Å². The van der Waals surface area contributed by atoms with Crippen LogP contribution < -0.4 is 0 Å². The van der Waals surface area contributed by atoms with Gasteiger partial charge in [-0.2, -0.15) is 0 Å². The van der Waals surface area contributed by atoms with Crippen molar-refractivity contribution in [1.82, 2.24) is 4.98 Å². The summed E-state index contributed by atoms with van der Waals surface area (Å²) in [6, 6.07) is 6.66. The molecular formula is C23H21BrN2O8. The molecule has 1 aliphatic heterocycles. The summed E-state index contributed by atoms with van der Waals surface area (Å²) in [4.78, 5) is 57.6. The molecule has 2 heterocycles. The molecule has 2 aliphatic rings. The standard InChI is InChI=1S/C23H21BrN2O8/c1-21(24)7-6-15-13(8-21)22(9-16(27)28,23(26-15,19(31)32)20(33)34)17(18(29)30)12-10-25-14-5-3-2-4-11(12)14/h2-7,10,13,17,25H,8-9H2,1H3,(H,27,28)(H,29,30)(H,31,32)(H,33,34). The van der Waals surface area contributed by atoms with Crippen LogP contribution in [0.5, 0.6) is 0 Å². The van der Waals surface area contributed by atoms with Crippen LogP contribution in [0.4, 0.5) is 0 Å². The van der Waals surface area contributed by atoms with E-state index >= 15 is 0 Å². The van der Waals surface area contributed by atoms with Crippen molar-refractivity contribution in [3.05, 3.63) is 48.2 Å². The van der Waals surface area contributed by atoms with Gasteiger partial charge in [-0.3, -0.25) is 14.6 Å². The van der Waals surface area contributed by atoms with Gasteiger partial charge in [0.2, 0.25) is 0 Å². The number of para-hydroxylation sites is 1. The lowest BCUT2D eigenvalue weighted by molar-refractivity contribution is -0.170. The molecule has 0 spiro atoms. The number of aliphatic carboxylic acids is 4. The minimum Gasteiger partial charge on any atom is -0.481 e. The van der Waals surface area contributed by atoms with Crippen LogP contribution in [-0.4, -0.2) is 64.9 Å². The maximum absolute atomic E-state index is 12.9. The molecule has 0 fully saturated rings. The Bertz CT molecular complexity index is 1280. The van der Waals surface area contributed by atoms with Crippen LogP contribution in [-0.2, 0) is 19.2 Å². The van der Waals surface area contributed by atoms with Crippen molar-refractivity contribution in [2.45, 2.75) is 35.5 Å². The second-order valence-electron chi connectivity index (χ2n) is 8.90.